The van der Waals surface area contributed by atoms with E-state index in [-0.39, 0.29) is 5.91 Å². The molecule has 1 aromatic heterocycles. The molecule has 6 nitrogen and oxygen atoms in total. The third-order valence-electron chi connectivity index (χ3n) is 3.49. The van der Waals surface area contributed by atoms with Gasteiger partial charge >= 0.3 is 5.97 Å². The van der Waals surface area contributed by atoms with Gasteiger partial charge in [0.1, 0.15) is 6.10 Å². The van der Waals surface area contributed by atoms with Crippen molar-refractivity contribution < 1.29 is 19.4 Å². The Kier molecular flexibility index (Phi) is 3.53. The summed E-state index contributed by atoms with van der Waals surface area (Å²) in [7, 11) is 0. The van der Waals surface area contributed by atoms with Gasteiger partial charge in [-0.25, -0.2) is 4.79 Å². The van der Waals surface area contributed by atoms with Crippen LogP contribution in [0.15, 0.2) is 36.5 Å². The van der Waals surface area contributed by atoms with Crippen LogP contribution in [-0.4, -0.2) is 34.2 Å². The highest BCUT2D eigenvalue weighted by Crippen LogP contribution is 2.24. The van der Waals surface area contributed by atoms with Crippen LogP contribution < -0.4 is 5.32 Å². The Morgan fingerprint density at radius 1 is 1.19 bits per heavy atom. The lowest BCUT2D eigenvalue weighted by molar-refractivity contribution is -0.150. The van der Waals surface area contributed by atoms with Crippen LogP contribution in [0.5, 0.6) is 0 Å². The molecular formula is C15H14N2O4. The number of hydrogen-bond acceptors (Lipinski definition) is 4. The molecule has 3 rings (SSSR count). The van der Waals surface area contributed by atoms with Crippen molar-refractivity contribution in [1.82, 2.24) is 4.98 Å². The number of aliphatic carboxylic acids is 1. The van der Waals surface area contributed by atoms with E-state index in [9.17, 15) is 9.59 Å². The smallest absolute Gasteiger partial charge is 0.332 e. The maximum Gasteiger partial charge on any atom is 0.332 e. The molecule has 2 N–H and O–H groups in total. The van der Waals surface area contributed by atoms with E-state index in [4.69, 9.17) is 9.84 Å². The van der Waals surface area contributed by atoms with Crippen LogP contribution in [0.25, 0.3) is 10.9 Å². The zero-order valence-corrected chi connectivity index (χ0v) is 11.2. The summed E-state index contributed by atoms with van der Waals surface area (Å²) in [5, 5.41) is 12.5. The summed E-state index contributed by atoms with van der Waals surface area (Å²) in [6.07, 6.45) is 0.829. The Morgan fingerprint density at radius 2 is 2.00 bits per heavy atom. The highest BCUT2D eigenvalue weighted by molar-refractivity contribution is 6.02. The Balaban J connectivity index is 1.77. The summed E-state index contributed by atoms with van der Waals surface area (Å²) >= 11 is 0. The van der Waals surface area contributed by atoms with E-state index in [1.807, 2.05) is 12.1 Å². The first-order valence-electron chi connectivity index (χ1n) is 6.68. The Morgan fingerprint density at radius 3 is 2.76 bits per heavy atom. The van der Waals surface area contributed by atoms with E-state index in [0.29, 0.717) is 18.5 Å². The van der Waals surface area contributed by atoms with Crippen LogP contribution in [0.4, 0.5) is 5.69 Å². The summed E-state index contributed by atoms with van der Waals surface area (Å²) in [6.45, 7) is 0. The van der Waals surface area contributed by atoms with Crippen molar-refractivity contribution in [2.45, 2.75) is 25.0 Å². The highest BCUT2D eigenvalue weighted by Gasteiger charge is 2.34. The normalized spacial score (nSPS) is 21.3. The second kappa shape index (κ2) is 5.49. The Hall–Kier alpha value is -2.47. The van der Waals surface area contributed by atoms with Crippen molar-refractivity contribution in [2.24, 2.45) is 0 Å². The molecule has 1 amide bonds. The predicted molar refractivity (Wildman–Crippen MR) is 75.9 cm³/mol. The van der Waals surface area contributed by atoms with Crippen molar-refractivity contribution in [1.29, 1.82) is 0 Å². The van der Waals surface area contributed by atoms with Crippen LogP contribution in [0.3, 0.4) is 0 Å². The molecule has 1 aliphatic heterocycles. The van der Waals surface area contributed by atoms with Crippen molar-refractivity contribution in [3.8, 4) is 0 Å². The molecule has 0 spiro atoms. The van der Waals surface area contributed by atoms with Gasteiger partial charge in [0.2, 0.25) is 0 Å². The molecule has 21 heavy (non-hydrogen) atoms. The van der Waals surface area contributed by atoms with Crippen LogP contribution in [0, 0.1) is 0 Å². The molecule has 0 bridgehead atoms. The molecule has 2 aromatic rings. The number of carbonyl (C=O) groups is 2. The molecule has 0 aliphatic carbocycles. The van der Waals surface area contributed by atoms with Crippen molar-refractivity contribution in [3.63, 3.8) is 0 Å². The van der Waals surface area contributed by atoms with Gasteiger partial charge in [0.25, 0.3) is 5.91 Å². The number of carboxylic acid groups (broad SMARTS) is 1. The summed E-state index contributed by atoms with van der Waals surface area (Å²) in [6, 6.07) is 9.11. The molecule has 1 saturated heterocycles. The first-order valence-corrected chi connectivity index (χ1v) is 6.68. The number of rotatable bonds is 3. The topological polar surface area (TPSA) is 88.5 Å². The van der Waals surface area contributed by atoms with E-state index in [1.54, 1.807) is 24.4 Å². The van der Waals surface area contributed by atoms with E-state index < -0.39 is 18.2 Å². The lowest BCUT2D eigenvalue weighted by Crippen LogP contribution is -2.30. The summed E-state index contributed by atoms with van der Waals surface area (Å²) < 4.78 is 5.24. The fraction of sp³-hybridized carbons (Fsp3) is 0.267. The van der Waals surface area contributed by atoms with Crippen molar-refractivity contribution in [3.05, 3.63) is 36.5 Å². The van der Waals surface area contributed by atoms with Gasteiger partial charge in [-0.15, -0.1) is 0 Å². The Labute approximate surface area is 120 Å². The van der Waals surface area contributed by atoms with Crippen LogP contribution in [0.1, 0.15) is 12.8 Å². The van der Waals surface area contributed by atoms with Gasteiger partial charge in [0.05, 0.1) is 11.2 Å². The number of nitrogens with one attached hydrogen (secondary N) is 1. The molecule has 0 saturated carbocycles. The minimum absolute atomic E-state index is 0.324. The van der Waals surface area contributed by atoms with Crippen LogP contribution in [0.2, 0.25) is 0 Å². The number of amides is 1. The van der Waals surface area contributed by atoms with Gasteiger partial charge in [0, 0.05) is 11.6 Å². The molecule has 1 aliphatic rings. The number of carbonyl (C=O) groups excluding carboxylic acids is 1. The van der Waals surface area contributed by atoms with E-state index in [0.717, 1.165) is 10.9 Å². The number of ether oxygens (including phenoxy) is 1. The number of fused-ring (bicyclic) bond motifs is 1. The number of nitrogens with zero attached hydrogens (tertiary/aromatic N) is 1. The highest BCUT2D eigenvalue weighted by atomic mass is 16.5. The first kappa shape index (κ1) is 13.5. The number of pyridine rings is 1. The number of aromatic nitrogens is 1. The summed E-state index contributed by atoms with van der Waals surface area (Å²) in [5.41, 5.74) is 1.43. The maximum atomic E-state index is 12.2. The van der Waals surface area contributed by atoms with E-state index >= 15 is 0 Å². The van der Waals surface area contributed by atoms with Gasteiger partial charge in [-0.2, -0.15) is 0 Å². The fourth-order valence-electron chi connectivity index (χ4n) is 2.44. The number of benzene rings is 1. The number of carboxylic acids is 1. The van der Waals surface area contributed by atoms with Gasteiger partial charge in [-0.1, -0.05) is 6.07 Å². The third kappa shape index (κ3) is 2.71. The zero-order valence-electron chi connectivity index (χ0n) is 11.2. The molecule has 0 unspecified atom stereocenters. The lowest BCUT2D eigenvalue weighted by Gasteiger charge is -2.13. The largest absolute Gasteiger partial charge is 0.479 e. The molecule has 108 valence electrons. The molecule has 1 aromatic carbocycles. The number of anilines is 1. The molecule has 2 heterocycles. The molecule has 6 heteroatoms. The minimum Gasteiger partial charge on any atom is -0.479 e. The van der Waals surface area contributed by atoms with Crippen molar-refractivity contribution >= 4 is 28.5 Å². The fourth-order valence-corrected chi connectivity index (χ4v) is 2.44. The second-order valence-corrected chi connectivity index (χ2v) is 4.89. The standard InChI is InChI=1S/C15H14N2O4/c18-14(12-6-7-13(21-12)15(19)20)17-11-5-1-4-10-9(11)3-2-8-16-10/h1-5,8,12-13H,6-7H2,(H,17,18)(H,19,20)/t12-,13+/m0/s1. The van der Waals surface area contributed by atoms with Gasteiger partial charge in [0.15, 0.2) is 6.10 Å². The summed E-state index contributed by atoms with van der Waals surface area (Å²) in [4.78, 5) is 27.2. The van der Waals surface area contributed by atoms with Gasteiger partial charge < -0.3 is 15.2 Å². The monoisotopic (exact) mass is 286 g/mol. The van der Waals surface area contributed by atoms with E-state index in [1.165, 1.54) is 0 Å². The first-order chi connectivity index (χ1) is 10.1. The Bertz CT molecular complexity index is 696. The van der Waals surface area contributed by atoms with E-state index in [2.05, 4.69) is 10.3 Å². The minimum atomic E-state index is -1.03. The summed E-state index contributed by atoms with van der Waals surface area (Å²) in [5.74, 6) is -1.35. The quantitative estimate of drug-likeness (QED) is 0.898. The average Bonchev–Trinajstić information content (AvgIpc) is 2.98. The molecule has 0 radical (unpaired) electrons. The third-order valence-corrected chi connectivity index (χ3v) is 3.49. The molecule has 2 atom stereocenters. The average molecular weight is 286 g/mol. The predicted octanol–water partition coefficient (Wildman–Crippen LogP) is 1.81. The molecular weight excluding hydrogens is 272 g/mol. The van der Waals surface area contributed by atoms with Crippen LogP contribution in [-0.2, 0) is 14.3 Å². The van der Waals surface area contributed by atoms with Crippen molar-refractivity contribution in [2.75, 3.05) is 5.32 Å². The number of hydrogen-bond donors (Lipinski definition) is 2. The maximum absolute atomic E-state index is 12.2. The van der Waals surface area contributed by atoms with Gasteiger partial charge in [-0.3, -0.25) is 9.78 Å². The van der Waals surface area contributed by atoms with Crippen LogP contribution >= 0.6 is 0 Å². The molecule has 1 fully saturated rings. The SMILES string of the molecule is O=C(Nc1cccc2ncccc12)[C@@H]1CC[C@H](C(=O)O)O1. The lowest BCUT2D eigenvalue weighted by atomic mass is 10.1. The van der Waals surface area contributed by atoms with Gasteiger partial charge in [-0.05, 0) is 37.1 Å². The second-order valence-electron chi connectivity index (χ2n) is 4.89. The zero-order chi connectivity index (χ0) is 14.8.